The number of carbonyl (C=O) groups excluding carboxylic acids is 1. The van der Waals surface area contributed by atoms with Gasteiger partial charge in [-0.3, -0.25) is 19.6 Å². The number of aromatic nitrogens is 2. The fourth-order valence-electron chi connectivity index (χ4n) is 2.94. The highest BCUT2D eigenvalue weighted by molar-refractivity contribution is 5.76. The molecule has 8 nitrogen and oxygen atoms in total. The molecule has 1 aliphatic rings. The molecular formula is C14H23N5O3. The Labute approximate surface area is 129 Å². The maximum atomic E-state index is 12.0. The van der Waals surface area contributed by atoms with Gasteiger partial charge in [-0.2, -0.15) is 5.10 Å². The van der Waals surface area contributed by atoms with Gasteiger partial charge in [-0.15, -0.1) is 0 Å². The molecule has 0 saturated carbocycles. The lowest BCUT2D eigenvalue weighted by molar-refractivity contribution is -0.386. The van der Waals surface area contributed by atoms with Crippen LogP contribution in [0.25, 0.3) is 0 Å². The van der Waals surface area contributed by atoms with Crippen LogP contribution in [0.1, 0.15) is 37.6 Å². The Kier molecular flexibility index (Phi) is 5.12. The monoisotopic (exact) mass is 309 g/mol. The molecule has 1 aromatic heterocycles. The summed E-state index contributed by atoms with van der Waals surface area (Å²) in [5, 5.41) is 21.5. The molecule has 2 atom stereocenters. The summed E-state index contributed by atoms with van der Waals surface area (Å²) >= 11 is 0. The number of nitrogens with one attached hydrogen (secondary N) is 2. The third kappa shape index (κ3) is 3.82. The van der Waals surface area contributed by atoms with E-state index in [0.717, 1.165) is 19.4 Å². The van der Waals surface area contributed by atoms with Crippen molar-refractivity contribution in [2.45, 2.75) is 58.7 Å². The van der Waals surface area contributed by atoms with Crippen molar-refractivity contribution in [2.75, 3.05) is 6.54 Å². The zero-order valence-electron chi connectivity index (χ0n) is 13.3. The third-order valence-electron chi connectivity index (χ3n) is 4.07. The van der Waals surface area contributed by atoms with Gasteiger partial charge in [0.25, 0.3) is 0 Å². The van der Waals surface area contributed by atoms with Gasteiger partial charge in [0.15, 0.2) is 0 Å². The summed E-state index contributed by atoms with van der Waals surface area (Å²) in [7, 11) is 0. The van der Waals surface area contributed by atoms with Gasteiger partial charge in [0.1, 0.15) is 11.4 Å². The number of hydrogen-bond acceptors (Lipinski definition) is 5. The number of nitrogens with zero attached hydrogens (tertiary/aromatic N) is 3. The zero-order chi connectivity index (χ0) is 16.3. The fraction of sp³-hybridized carbons (Fsp3) is 0.714. The maximum absolute atomic E-state index is 12.0. The van der Waals surface area contributed by atoms with E-state index in [9.17, 15) is 14.9 Å². The average molecular weight is 309 g/mol. The predicted octanol–water partition coefficient (Wildman–Crippen LogP) is 1.05. The van der Waals surface area contributed by atoms with Crippen molar-refractivity contribution in [1.82, 2.24) is 20.4 Å². The van der Waals surface area contributed by atoms with Crippen LogP contribution in [0.2, 0.25) is 0 Å². The van der Waals surface area contributed by atoms with Crippen LogP contribution in [-0.2, 0) is 11.3 Å². The Morgan fingerprint density at radius 1 is 1.55 bits per heavy atom. The molecule has 122 valence electrons. The van der Waals surface area contributed by atoms with Crippen molar-refractivity contribution in [3.05, 3.63) is 21.5 Å². The second-order valence-corrected chi connectivity index (χ2v) is 5.89. The van der Waals surface area contributed by atoms with E-state index >= 15 is 0 Å². The molecular weight excluding hydrogens is 286 g/mol. The van der Waals surface area contributed by atoms with Crippen LogP contribution in [-0.4, -0.2) is 39.2 Å². The van der Waals surface area contributed by atoms with Crippen molar-refractivity contribution in [2.24, 2.45) is 0 Å². The van der Waals surface area contributed by atoms with E-state index in [2.05, 4.69) is 22.7 Å². The maximum Gasteiger partial charge on any atom is 0.312 e. The number of hydrogen-bond donors (Lipinski definition) is 2. The highest BCUT2D eigenvalue weighted by atomic mass is 16.6. The highest BCUT2D eigenvalue weighted by Crippen LogP contribution is 2.21. The Hall–Kier alpha value is -1.96. The molecule has 0 bridgehead atoms. The van der Waals surface area contributed by atoms with Gasteiger partial charge in [0.2, 0.25) is 5.91 Å². The molecule has 2 rings (SSSR count). The number of carbonyl (C=O) groups is 1. The topological polar surface area (TPSA) is 102 Å². The van der Waals surface area contributed by atoms with E-state index in [4.69, 9.17) is 0 Å². The Bertz CT molecular complexity index is 569. The molecule has 1 aliphatic heterocycles. The van der Waals surface area contributed by atoms with Crippen molar-refractivity contribution in [1.29, 1.82) is 0 Å². The summed E-state index contributed by atoms with van der Waals surface area (Å²) in [6.07, 6.45) is 2.13. The van der Waals surface area contributed by atoms with Gasteiger partial charge in [0.05, 0.1) is 11.5 Å². The first-order valence-corrected chi connectivity index (χ1v) is 7.59. The Morgan fingerprint density at radius 2 is 2.27 bits per heavy atom. The minimum absolute atomic E-state index is 0.0330. The molecule has 0 spiro atoms. The molecule has 2 unspecified atom stereocenters. The summed E-state index contributed by atoms with van der Waals surface area (Å²) in [6.45, 7) is 6.64. The van der Waals surface area contributed by atoms with Gasteiger partial charge in [-0.05, 0) is 40.2 Å². The van der Waals surface area contributed by atoms with Crippen LogP contribution >= 0.6 is 0 Å². The number of rotatable bonds is 5. The summed E-state index contributed by atoms with van der Waals surface area (Å²) in [6, 6.07) is 0.622. The second kappa shape index (κ2) is 6.87. The molecule has 1 saturated heterocycles. The first-order chi connectivity index (χ1) is 10.4. The van der Waals surface area contributed by atoms with Crippen molar-refractivity contribution >= 4 is 11.6 Å². The van der Waals surface area contributed by atoms with Crippen LogP contribution < -0.4 is 10.6 Å². The molecule has 1 aromatic rings. The predicted molar refractivity (Wildman–Crippen MR) is 81.6 cm³/mol. The van der Waals surface area contributed by atoms with E-state index in [-0.39, 0.29) is 24.1 Å². The van der Waals surface area contributed by atoms with Crippen molar-refractivity contribution < 1.29 is 9.72 Å². The van der Waals surface area contributed by atoms with Gasteiger partial charge < -0.3 is 10.6 Å². The first-order valence-electron chi connectivity index (χ1n) is 7.59. The zero-order valence-corrected chi connectivity index (χ0v) is 13.3. The normalized spacial score (nSPS) is 21.6. The molecule has 0 aromatic carbocycles. The molecule has 2 heterocycles. The molecule has 0 aliphatic carbocycles. The number of nitro groups is 1. The van der Waals surface area contributed by atoms with Crippen LogP contribution in [0.15, 0.2) is 0 Å². The van der Waals surface area contributed by atoms with E-state index < -0.39 is 4.92 Å². The highest BCUT2D eigenvalue weighted by Gasteiger charge is 2.23. The molecule has 8 heteroatoms. The largest absolute Gasteiger partial charge is 0.353 e. The van der Waals surface area contributed by atoms with Crippen LogP contribution in [0, 0.1) is 24.0 Å². The number of amides is 1. The second-order valence-electron chi connectivity index (χ2n) is 5.89. The summed E-state index contributed by atoms with van der Waals surface area (Å²) in [5.41, 5.74) is 0.911. The fourth-order valence-corrected chi connectivity index (χ4v) is 2.94. The molecule has 0 radical (unpaired) electrons. The van der Waals surface area contributed by atoms with E-state index in [1.807, 2.05) is 0 Å². The molecule has 1 amide bonds. The third-order valence-corrected chi connectivity index (χ3v) is 4.07. The van der Waals surface area contributed by atoms with E-state index in [0.29, 0.717) is 24.0 Å². The molecule has 2 N–H and O–H groups in total. The average Bonchev–Trinajstić information content (AvgIpc) is 2.71. The lowest BCUT2D eigenvalue weighted by Crippen LogP contribution is -2.46. The molecule has 1 fully saturated rings. The summed E-state index contributed by atoms with van der Waals surface area (Å²) < 4.78 is 1.54. The standard InChI is InChI=1S/C14H23N5O3/c1-9-8-12(4-6-15-9)16-13(20)5-7-18-11(3)14(19(21)22)10(2)17-18/h9,12,15H,4-8H2,1-3H3,(H,16,20). The molecule has 22 heavy (non-hydrogen) atoms. The van der Waals surface area contributed by atoms with Gasteiger partial charge in [-0.25, -0.2) is 0 Å². The van der Waals surface area contributed by atoms with Crippen molar-refractivity contribution in [3.63, 3.8) is 0 Å². The number of aryl methyl sites for hydroxylation is 2. The summed E-state index contributed by atoms with van der Waals surface area (Å²) in [5.74, 6) is -0.0330. The van der Waals surface area contributed by atoms with E-state index in [1.54, 1.807) is 13.8 Å². The first kappa shape index (κ1) is 16.4. The Balaban J connectivity index is 1.89. The van der Waals surface area contributed by atoms with Crippen LogP contribution in [0.4, 0.5) is 5.69 Å². The number of piperidine rings is 1. The van der Waals surface area contributed by atoms with Crippen LogP contribution in [0.3, 0.4) is 0 Å². The quantitative estimate of drug-likeness (QED) is 0.625. The smallest absolute Gasteiger partial charge is 0.312 e. The summed E-state index contributed by atoms with van der Waals surface area (Å²) in [4.78, 5) is 22.6. The lowest BCUT2D eigenvalue weighted by atomic mass is 10.0. The van der Waals surface area contributed by atoms with E-state index in [1.165, 1.54) is 4.68 Å². The Morgan fingerprint density at radius 3 is 2.86 bits per heavy atom. The van der Waals surface area contributed by atoms with Crippen molar-refractivity contribution in [3.8, 4) is 0 Å². The van der Waals surface area contributed by atoms with Gasteiger partial charge >= 0.3 is 5.69 Å². The van der Waals surface area contributed by atoms with Gasteiger partial charge in [0, 0.05) is 18.5 Å². The van der Waals surface area contributed by atoms with Crippen LogP contribution in [0.5, 0.6) is 0 Å². The van der Waals surface area contributed by atoms with Gasteiger partial charge in [-0.1, -0.05) is 0 Å². The SMILES string of the molecule is Cc1nn(CCC(=O)NC2CCNC(C)C2)c(C)c1[N+](=O)[O-]. The minimum Gasteiger partial charge on any atom is -0.353 e. The minimum atomic E-state index is -0.426. The lowest BCUT2D eigenvalue weighted by Gasteiger charge is -2.28.